The number of rotatable bonds is 2. The summed E-state index contributed by atoms with van der Waals surface area (Å²) in [6.45, 7) is 10.9. The molecule has 2 fully saturated rings. The van der Waals surface area contributed by atoms with Crippen LogP contribution in [-0.4, -0.2) is 36.1 Å². The average molecular weight is 224 g/mol. The van der Waals surface area contributed by atoms with Gasteiger partial charge >= 0.3 is 0 Å². The van der Waals surface area contributed by atoms with Crippen molar-refractivity contribution in [2.24, 2.45) is 5.92 Å². The molecule has 94 valence electrons. The van der Waals surface area contributed by atoms with Gasteiger partial charge in [0.05, 0.1) is 0 Å². The maximum absolute atomic E-state index is 3.85. The summed E-state index contributed by atoms with van der Waals surface area (Å²) < 4.78 is 0. The second-order valence-electron chi connectivity index (χ2n) is 6.38. The Labute approximate surface area is 101 Å². The average Bonchev–Trinajstić information content (AvgIpc) is 2.59. The zero-order valence-corrected chi connectivity index (χ0v) is 11.3. The van der Waals surface area contributed by atoms with E-state index in [0.717, 1.165) is 12.0 Å². The molecular formula is C14H28N2. The smallest absolute Gasteiger partial charge is 0.0308 e. The molecule has 16 heavy (non-hydrogen) atoms. The van der Waals surface area contributed by atoms with Crippen molar-refractivity contribution in [3.8, 4) is 0 Å². The molecule has 0 bridgehead atoms. The first-order valence-corrected chi connectivity index (χ1v) is 7.10. The van der Waals surface area contributed by atoms with E-state index in [1.54, 1.807) is 0 Å². The first-order valence-electron chi connectivity index (χ1n) is 7.10. The molecule has 2 heteroatoms. The molecule has 2 aliphatic rings. The van der Waals surface area contributed by atoms with Crippen LogP contribution in [0.4, 0.5) is 0 Å². The fourth-order valence-corrected chi connectivity index (χ4v) is 3.43. The lowest BCUT2D eigenvalue weighted by Crippen LogP contribution is -2.50. The van der Waals surface area contributed by atoms with Gasteiger partial charge < -0.3 is 5.32 Å². The maximum atomic E-state index is 3.85. The number of nitrogens with one attached hydrogen (secondary N) is 1. The quantitative estimate of drug-likeness (QED) is 0.776. The van der Waals surface area contributed by atoms with Crippen LogP contribution in [0.15, 0.2) is 0 Å². The SMILES string of the molecule is CC(C)CN1CC2(CCCC2)NCCC1C. The van der Waals surface area contributed by atoms with Gasteiger partial charge in [0.1, 0.15) is 0 Å². The highest BCUT2D eigenvalue weighted by Crippen LogP contribution is 2.32. The van der Waals surface area contributed by atoms with Crippen molar-refractivity contribution in [3.63, 3.8) is 0 Å². The van der Waals surface area contributed by atoms with Crippen LogP contribution in [0.1, 0.15) is 52.9 Å². The first kappa shape index (κ1) is 12.4. The first-order chi connectivity index (χ1) is 7.61. The topological polar surface area (TPSA) is 15.3 Å². The highest BCUT2D eigenvalue weighted by atomic mass is 15.2. The van der Waals surface area contributed by atoms with Gasteiger partial charge in [-0.2, -0.15) is 0 Å². The Balaban J connectivity index is 2.03. The Morgan fingerprint density at radius 3 is 2.62 bits per heavy atom. The summed E-state index contributed by atoms with van der Waals surface area (Å²) in [6, 6.07) is 0.759. The zero-order valence-electron chi connectivity index (χ0n) is 11.3. The molecule has 1 heterocycles. The minimum absolute atomic E-state index is 0.472. The zero-order chi connectivity index (χ0) is 11.6. The molecule has 0 radical (unpaired) electrons. The molecule has 0 aromatic heterocycles. The molecular weight excluding hydrogens is 196 g/mol. The van der Waals surface area contributed by atoms with E-state index in [0.29, 0.717) is 5.54 Å². The lowest BCUT2D eigenvalue weighted by molar-refractivity contribution is 0.151. The molecule has 1 aliphatic carbocycles. The van der Waals surface area contributed by atoms with Crippen LogP contribution in [0.2, 0.25) is 0 Å². The van der Waals surface area contributed by atoms with Gasteiger partial charge in [-0.05, 0) is 38.6 Å². The van der Waals surface area contributed by atoms with Crippen LogP contribution in [0, 0.1) is 5.92 Å². The van der Waals surface area contributed by atoms with Crippen LogP contribution in [0.5, 0.6) is 0 Å². The molecule has 1 saturated carbocycles. The van der Waals surface area contributed by atoms with Gasteiger partial charge in [-0.25, -0.2) is 0 Å². The molecule has 1 N–H and O–H groups in total. The second-order valence-corrected chi connectivity index (χ2v) is 6.38. The van der Waals surface area contributed by atoms with Crippen molar-refractivity contribution < 1.29 is 0 Å². The van der Waals surface area contributed by atoms with Crippen molar-refractivity contribution in [3.05, 3.63) is 0 Å². The normalized spacial score (nSPS) is 31.1. The summed E-state index contributed by atoms with van der Waals surface area (Å²) in [6.07, 6.45) is 6.96. The Hall–Kier alpha value is -0.0800. The third-order valence-corrected chi connectivity index (χ3v) is 4.35. The van der Waals surface area contributed by atoms with Gasteiger partial charge in [-0.3, -0.25) is 4.90 Å². The highest BCUT2D eigenvalue weighted by Gasteiger charge is 2.37. The Morgan fingerprint density at radius 2 is 2.00 bits per heavy atom. The molecule has 1 spiro atoms. The predicted molar refractivity (Wildman–Crippen MR) is 69.7 cm³/mol. The van der Waals surface area contributed by atoms with Crippen LogP contribution in [0.25, 0.3) is 0 Å². The van der Waals surface area contributed by atoms with E-state index in [1.807, 2.05) is 0 Å². The Kier molecular flexibility index (Phi) is 3.91. The van der Waals surface area contributed by atoms with Crippen molar-refractivity contribution in [2.45, 2.75) is 64.5 Å². The Bertz CT molecular complexity index is 219. The summed E-state index contributed by atoms with van der Waals surface area (Å²) in [5.74, 6) is 0.791. The monoisotopic (exact) mass is 224 g/mol. The van der Waals surface area contributed by atoms with E-state index in [-0.39, 0.29) is 0 Å². The number of hydrogen-bond acceptors (Lipinski definition) is 2. The largest absolute Gasteiger partial charge is 0.310 e. The molecule has 1 atom stereocenters. The van der Waals surface area contributed by atoms with Gasteiger partial charge in [0.2, 0.25) is 0 Å². The second kappa shape index (κ2) is 5.05. The van der Waals surface area contributed by atoms with Gasteiger partial charge in [-0.15, -0.1) is 0 Å². The van der Waals surface area contributed by atoms with E-state index in [1.165, 1.54) is 51.7 Å². The summed E-state index contributed by atoms with van der Waals surface area (Å²) in [4.78, 5) is 2.73. The third kappa shape index (κ3) is 2.78. The molecule has 1 aliphatic heterocycles. The Morgan fingerprint density at radius 1 is 1.31 bits per heavy atom. The lowest BCUT2D eigenvalue weighted by atomic mass is 9.96. The maximum Gasteiger partial charge on any atom is 0.0308 e. The fraction of sp³-hybridized carbons (Fsp3) is 1.00. The summed E-state index contributed by atoms with van der Waals surface area (Å²) in [5.41, 5.74) is 0.472. The van der Waals surface area contributed by atoms with Crippen molar-refractivity contribution in [1.82, 2.24) is 10.2 Å². The van der Waals surface area contributed by atoms with Crippen LogP contribution < -0.4 is 5.32 Å². The van der Waals surface area contributed by atoms with Gasteiger partial charge in [0.25, 0.3) is 0 Å². The molecule has 1 saturated heterocycles. The minimum atomic E-state index is 0.472. The summed E-state index contributed by atoms with van der Waals surface area (Å²) >= 11 is 0. The van der Waals surface area contributed by atoms with E-state index in [2.05, 4.69) is 31.0 Å². The summed E-state index contributed by atoms with van der Waals surface area (Å²) in [7, 11) is 0. The molecule has 0 aromatic rings. The van der Waals surface area contributed by atoms with E-state index >= 15 is 0 Å². The van der Waals surface area contributed by atoms with Crippen LogP contribution in [-0.2, 0) is 0 Å². The highest BCUT2D eigenvalue weighted by molar-refractivity contribution is 4.98. The number of nitrogens with zero attached hydrogens (tertiary/aromatic N) is 1. The summed E-state index contributed by atoms with van der Waals surface area (Å²) in [5, 5.41) is 3.85. The van der Waals surface area contributed by atoms with Crippen LogP contribution >= 0.6 is 0 Å². The van der Waals surface area contributed by atoms with Gasteiger partial charge in [-0.1, -0.05) is 26.7 Å². The van der Waals surface area contributed by atoms with Gasteiger partial charge in [0.15, 0.2) is 0 Å². The van der Waals surface area contributed by atoms with Crippen LogP contribution in [0.3, 0.4) is 0 Å². The predicted octanol–water partition coefficient (Wildman–Crippen LogP) is 2.64. The minimum Gasteiger partial charge on any atom is -0.310 e. The van der Waals surface area contributed by atoms with E-state index in [4.69, 9.17) is 0 Å². The molecule has 2 nitrogen and oxygen atoms in total. The van der Waals surface area contributed by atoms with Crippen molar-refractivity contribution in [1.29, 1.82) is 0 Å². The third-order valence-electron chi connectivity index (χ3n) is 4.35. The number of hydrogen-bond donors (Lipinski definition) is 1. The molecule has 0 aromatic carbocycles. The fourth-order valence-electron chi connectivity index (χ4n) is 3.43. The van der Waals surface area contributed by atoms with E-state index in [9.17, 15) is 0 Å². The van der Waals surface area contributed by atoms with Gasteiger partial charge in [0, 0.05) is 24.7 Å². The lowest BCUT2D eigenvalue weighted by Gasteiger charge is -2.36. The standard InChI is InChI=1S/C14H28N2/c1-12(2)10-16-11-14(7-4-5-8-14)15-9-6-13(16)3/h12-13,15H,4-11H2,1-3H3. The van der Waals surface area contributed by atoms with E-state index < -0.39 is 0 Å². The van der Waals surface area contributed by atoms with Crippen molar-refractivity contribution in [2.75, 3.05) is 19.6 Å². The molecule has 1 unspecified atom stereocenters. The molecule has 2 rings (SSSR count). The van der Waals surface area contributed by atoms with Crippen molar-refractivity contribution >= 4 is 0 Å². The molecule has 0 amide bonds.